The number of pyridine rings is 1. The van der Waals surface area contributed by atoms with Crippen LogP contribution in [0.5, 0.6) is 0 Å². The highest BCUT2D eigenvalue weighted by atomic mass is 16.1. The molecule has 3 heterocycles. The van der Waals surface area contributed by atoms with E-state index in [0.29, 0.717) is 6.54 Å². The van der Waals surface area contributed by atoms with Crippen LogP contribution < -0.4 is 10.5 Å². The summed E-state index contributed by atoms with van der Waals surface area (Å²) in [5.74, 6) is 0. The van der Waals surface area contributed by atoms with Crippen LogP contribution in [0.4, 0.5) is 5.69 Å². The van der Waals surface area contributed by atoms with Gasteiger partial charge in [0.2, 0.25) is 0 Å². The second-order valence-corrected chi connectivity index (χ2v) is 7.37. The van der Waals surface area contributed by atoms with Gasteiger partial charge in [0, 0.05) is 56.4 Å². The zero-order valence-corrected chi connectivity index (χ0v) is 15.5. The number of hydrogen-bond donors (Lipinski definition) is 0. The molecule has 0 N–H and O–H groups in total. The summed E-state index contributed by atoms with van der Waals surface area (Å²) in [4.78, 5) is 21.4. The molecule has 0 radical (unpaired) electrons. The quantitative estimate of drug-likeness (QED) is 0.837. The van der Waals surface area contributed by atoms with Crippen molar-refractivity contribution in [3.63, 3.8) is 0 Å². The molecule has 0 saturated carbocycles. The van der Waals surface area contributed by atoms with Crippen LogP contribution in [0.25, 0.3) is 0 Å². The summed E-state index contributed by atoms with van der Waals surface area (Å²) in [7, 11) is 0. The van der Waals surface area contributed by atoms with Gasteiger partial charge in [0.25, 0.3) is 5.56 Å². The molecule has 1 aliphatic carbocycles. The lowest BCUT2D eigenvalue weighted by Gasteiger charge is -2.36. The summed E-state index contributed by atoms with van der Waals surface area (Å²) in [6, 6.07) is 6.04. The Labute approximate surface area is 154 Å². The number of fused-ring (bicyclic) bond motifs is 1. The first-order valence-corrected chi connectivity index (χ1v) is 9.69. The van der Waals surface area contributed by atoms with Gasteiger partial charge >= 0.3 is 0 Å². The maximum atomic E-state index is 12.3. The van der Waals surface area contributed by atoms with Gasteiger partial charge in [-0.05, 0) is 50.3 Å². The van der Waals surface area contributed by atoms with Crippen LogP contribution >= 0.6 is 0 Å². The van der Waals surface area contributed by atoms with Crippen LogP contribution in [-0.2, 0) is 19.4 Å². The predicted molar refractivity (Wildman–Crippen MR) is 103 cm³/mol. The van der Waals surface area contributed by atoms with Crippen molar-refractivity contribution in [3.05, 3.63) is 51.7 Å². The topological polar surface area (TPSA) is 54.3 Å². The van der Waals surface area contributed by atoms with Crippen LogP contribution in [0, 0.1) is 6.92 Å². The Morgan fingerprint density at radius 2 is 1.85 bits per heavy atom. The molecule has 2 aromatic heterocycles. The molecule has 2 aliphatic rings. The van der Waals surface area contributed by atoms with Gasteiger partial charge in [0.1, 0.15) is 0 Å². The highest BCUT2D eigenvalue weighted by Crippen LogP contribution is 2.18. The SMILES string of the molecule is Cc1cc(N2CCN(CCn3nc4c(cc3=O)CCCC4)CC2)ccn1. The van der Waals surface area contributed by atoms with Crippen molar-refractivity contribution in [2.75, 3.05) is 37.6 Å². The Bertz CT molecular complexity index is 823. The highest BCUT2D eigenvalue weighted by molar-refractivity contribution is 5.46. The van der Waals surface area contributed by atoms with Crippen molar-refractivity contribution in [3.8, 4) is 0 Å². The Hall–Kier alpha value is -2.21. The first-order valence-electron chi connectivity index (χ1n) is 9.69. The van der Waals surface area contributed by atoms with Gasteiger partial charge in [-0.25, -0.2) is 4.68 Å². The molecule has 138 valence electrons. The lowest BCUT2D eigenvalue weighted by Crippen LogP contribution is -2.47. The Morgan fingerprint density at radius 1 is 1.04 bits per heavy atom. The van der Waals surface area contributed by atoms with E-state index in [2.05, 4.69) is 32.0 Å². The van der Waals surface area contributed by atoms with E-state index >= 15 is 0 Å². The average molecular weight is 353 g/mol. The number of nitrogens with zero attached hydrogens (tertiary/aromatic N) is 5. The molecule has 0 bridgehead atoms. The smallest absolute Gasteiger partial charge is 0.267 e. The van der Waals surface area contributed by atoms with E-state index < -0.39 is 0 Å². The first kappa shape index (κ1) is 17.2. The third-order valence-corrected chi connectivity index (χ3v) is 5.52. The van der Waals surface area contributed by atoms with Gasteiger partial charge in [0.15, 0.2) is 0 Å². The molecule has 0 atom stereocenters. The molecule has 6 heteroatoms. The van der Waals surface area contributed by atoms with Crippen molar-refractivity contribution in [1.29, 1.82) is 0 Å². The zero-order valence-electron chi connectivity index (χ0n) is 15.5. The summed E-state index contributed by atoms with van der Waals surface area (Å²) < 4.78 is 1.67. The molecule has 6 nitrogen and oxygen atoms in total. The molecule has 0 amide bonds. The van der Waals surface area contributed by atoms with E-state index in [9.17, 15) is 4.79 Å². The summed E-state index contributed by atoms with van der Waals surface area (Å²) in [6.45, 7) is 7.65. The van der Waals surface area contributed by atoms with Gasteiger partial charge in [-0.3, -0.25) is 14.7 Å². The first-order chi connectivity index (χ1) is 12.7. The number of aryl methyl sites for hydroxylation is 3. The van der Waals surface area contributed by atoms with Crippen LogP contribution in [0.3, 0.4) is 0 Å². The van der Waals surface area contributed by atoms with Crippen molar-refractivity contribution >= 4 is 5.69 Å². The lowest BCUT2D eigenvalue weighted by atomic mass is 9.97. The fraction of sp³-hybridized carbons (Fsp3) is 0.550. The molecule has 0 aromatic carbocycles. The Balaban J connectivity index is 1.33. The Morgan fingerprint density at radius 3 is 2.65 bits per heavy atom. The summed E-state index contributed by atoms with van der Waals surface area (Å²) in [6.07, 6.45) is 6.27. The van der Waals surface area contributed by atoms with E-state index in [1.807, 2.05) is 19.2 Å². The van der Waals surface area contributed by atoms with E-state index in [1.54, 1.807) is 4.68 Å². The monoisotopic (exact) mass is 353 g/mol. The molecule has 0 spiro atoms. The molecule has 4 rings (SSSR count). The van der Waals surface area contributed by atoms with Crippen molar-refractivity contribution < 1.29 is 0 Å². The predicted octanol–water partition coefficient (Wildman–Crippen LogP) is 1.65. The minimum Gasteiger partial charge on any atom is -0.369 e. The molecular formula is C20H27N5O. The molecule has 0 unspecified atom stereocenters. The van der Waals surface area contributed by atoms with E-state index in [0.717, 1.165) is 57.0 Å². The van der Waals surface area contributed by atoms with Crippen molar-refractivity contribution in [2.45, 2.75) is 39.2 Å². The largest absolute Gasteiger partial charge is 0.369 e. The van der Waals surface area contributed by atoms with Gasteiger partial charge < -0.3 is 4.90 Å². The van der Waals surface area contributed by atoms with Crippen LogP contribution in [-0.4, -0.2) is 52.4 Å². The highest BCUT2D eigenvalue weighted by Gasteiger charge is 2.18. The normalized spacial score (nSPS) is 18.0. The van der Waals surface area contributed by atoms with Gasteiger partial charge in [-0.1, -0.05) is 0 Å². The number of piperazine rings is 1. The summed E-state index contributed by atoms with van der Waals surface area (Å²) in [5.41, 5.74) is 4.66. The molecule has 1 fully saturated rings. The summed E-state index contributed by atoms with van der Waals surface area (Å²) in [5, 5.41) is 4.63. The third kappa shape index (κ3) is 3.80. The van der Waals surface area contributed by atoms with E-state index in [4.69, 9.17) is 0 Å². The fourth-order valence-corrected chi connectivity index (χ4v) is 3.95. The number of aromatic nitrogens is 3. The number of hydrogen-bond acceptors (Lipinski definition) is 5. The van der Waals surface area contributed by atoms with Gasteiger partial charge in [-0.2, -0.15) is 5.10 Å². The maximum Gasteiger partial charge on any atom is 0.267 e. The standard InChI is InChI=1S/C20H27N5O/c1-16-14-18(6-7-21-16)24-11-8-23(9-12-24)10-13-25-20(26)15-17-4-2-3-5-19(17)22-25/h6-7,14-15H,2-5,8-13H2,1H3. The van der Waals surface area contributed by atoms with Crippen molar-refractivity contribution in [2.24, 2.45) is 0 Å². The number of rotatable bonds is 4. The molecule has 1 aliphatic heterocycles. The van der Waals surface area contributed by atoms with Crippen LogP contribution in [0.15, 0.2) is 29.2 Å². The van der Waals surface area contributed by atoms with Gasteiger partial charge in [0.05, 0.1) is 12.2 Å². The minimum absolute atomic E-state index is 0.0524. The minimum atomic E-state index is 0.0524. The second kappa shape index (κ2) is 7.58. The molecule has 1 saturated heterocycles. The number of anilines is 1. The molecule has 26 heavy (non-hydrogen) atoms. The van der Waals surface area contributed by atoms with Crippen molar-refractivity contribution in [1.82, 2.24) is 19.7 Å². The summed E-state index contributed by atoms with van der Waals surface area (Å²) >= 11 is 0. The molecule has 2 aromatic rings. The van der Waals surface area contributed by atoms with Crippen LogP contribution in [0.2, 0.25) is 0 Å². The molecular weight excluding hydrogens is 326 g/mol. The fourth-order valence-electron chi connectivity index (χ4n) is 3.95. The Kier molecular flexibility index (Phi) is 5.02. The third-order valence-electron chi connectivity index (χ3n) is 5.52. The second-order valence-electron chi connectivity index (χ2n) is 7.37. The zero-order chi connectivity index (χ0) is 17.9. The van der Waals surface area contributed by atoms with Crippen LogP contribution in [0.1, 0.15) is 29.8 Å². The lowest BCUT2D eigenvalue weighted by molar-refractivity contribution is 0.242. The average Bonchev–Trinajstić information content (AvgIpc) is 2.67. The van der Waals surface area contributed by atoms with E-state index in [-0.39, 0.29) is 5.56 Å². The maximum absolute atomic E-state index is 12.3. The van der Waals surface area contributed by atoms with Gasteiger partial charge in [-0.15, -0.1) is 0 Å². The van der Waals surface area contributed by atoms with E-state index in [1.165, 1.54) is 24.1 Å².